The second-order valence-electron chi connectivity index (χ2n) is 4.09. The van der Waals surface area contributed by atoms with Crippen LogP contribution in [0.25, 0.3) is 5.82 Å². The van der Waals surface area contributed by atoms with Crippen molar-refractivity contribution in [2.75, 3.05) is 6.54 Å². The van der Waals surface area contributed by atoms with Gasteiger partial charge in [0.2, 0.25) is 0 Å². The first-order valence-electron chi connectivity index (χ1n) is 5.89. The van der Waals surface area contributed by atoms with Gasteiger partial charge in [-0.3, -0.25) is 4.57 Å². The van der Waals surface area contributed by atoms with E-state index < -0.39 is 0 Å². The minimum Gasteiger partial charge on any atom is -0.313 e. The van der Waals surface area contributed by atoms with Gasteiger partial charge in [0.25, 0.3) is 0 Å². The summed E-state index contributed by atoms with van der Waals surface area (Å²) in [6.45, 7) is 7.99. The molecule has 17 heavy (non-hydrogen) atoms. The predicted molar refractivity (Wildman–Crippen MR) is 68.2 cm³/mol. The first kappa shape index (κ1) is 11.8. The molecule has 2 heterocycles. The zero-order valence-electron chi connectivity index (χ0n) is 10.6. The van der Waals surface area contributed by atoms with Crippen molar-refractivity contribution in [2.24, 2.45) is 0 Å². The van der Waals surface area contributed by atoms with Crippen molar-refractivity contribution < 1.29 is 0 Å². The number of pyridine rings is 1. The maximum absolute atomic E-state index is 4.46. The van der Waals surface area contributed by atoms with E-state index in [9.17, 15) is 0 Å². The number of hydrogen-bond acceptors (Lipinski definition) is 3. The topological polar surface area (TPSA) is 42.7 Å². The molecule has 0 bridgehead atoms. The molecule has 0 amide bonds. The van der Waals surface area contributed by atoms with Gasteiger partial charge < -0.3 is 5.32 Å². The summed E-state index contributed by atoms with van der Waals surface area (Å²) in [7, 11) is 0. The Morgan fingerprint density at radius 1 is 1.24 bits per heavy atom. The average Bonchev–Trinajstić information content (AvgIpc) is 2.68. The number of aromatic nitrogens is 3. The molecule has 0 saturated carbocycles. The number of nitrogens with zero attached hydrogens (tertiary/aromatic N) is 3. The third-order valence-corrected chi connectivity index (χ3v) is 2.89. The molecule has 4 nitrogen and oxygen atoms in total. The van der Waals surface area contributed by atoms with Gasteiger partial charge in [0.1, 0.15) is 12.1 Å². The molecule has 0 saturated heterocycles. The highest BCUT2D eigenvalue weighted by molar-refractivity contribution is 5.29. The van der Waals surface area contributed by atoms with Crippen LogP contribution in [0.4, 0.5) is 0 Å². The molecule has 0 atom stereocenters. The highest BCUT2D eigenvalue weighted by Gasteiger charge is 2.04. The SMILES string of the molecule is CCNCc1ccc(-n2cnc(C)c2C)nc1. The van der Waals surface area contributed by atoms with Gasteiger partial charge in [-0.05, 0) is 32.0 Å². The van der Waals surface area contributed by atoms with E-state index >= 15 is 0 Å². The molecule has 1 N–H and O–H groups in total. The molecule has 4 heteroatoms. The fraction of sp³-hybridized carbons (Fsp3) is 0.385. The largest absolute Gasteiger partial charge is 0.313 e. The summed E-state index contributed by atoms with van der Waals surface area (Å²) in [5, 5.41) is 3.28. The van der Waals surface area contributed by atoms with Gasteiger partial charge >= 0.3 is 0 Å². The predicted octanol–water partition coefficient (Wildman–Crippen LogP) is 1.99. The molecule has 0 aliphatic carbocycles. The van der Waals surface area contributed by atoms with Crippen LogP contribution in [-0.2, 0) is 6.54 Å². The Balaban J connectivity index is 2.20. The molecule has 2 aromatic heterocycles. The Morgan fingerprint density at radius 3 is 2.59 bits per heavy atom. The lowest BCUT2D eigenvalue weighted by Gasteiger charge is -2.06. The number of nitrogens with one attached hydrogen (secondary N) is 1. The second kappa shape index (κ2) is 5.10. The van der Waals surface area contributed by atoms with E-state index in [1.165, 1.54) is 5.56 Å². The number of aryl methyl sites for hydroxylation is 1. The zero-order chi connectivity index (χ0) is 12.3. The van der Waals surface area contributed by atoms with Crippen LogP contribution in [0.5, 0.6) is 0 Å². The fourth-order valence-corrected chi connectivity index (χ4v) is 1.66. The molecule has 2 aromatic rings. The van der Waals surface area contributed by atoms with E-state index in [0.717, 1.165) is 30.3 Å². The summed E-state index contributed by atoms with van der Waals surface area (Å²) in [6.07, 6.45) is 3.73. The van der Waals surface area contributed by atoms with Gasteiger partial charge in [-0.25, -0.2) is 9.97 Å². The molecule has 0 aliphatic heterocycles. The molecule has 0 unspecified atom stereocenters. The Bertz CT molecular complexity index is 485. The van der Waals surface area contributed by atoms with Gasteiger partial charge in [-0.1, -0.05) is 13.0 Å². The van der Waals surface area contributed by atoms with Crippen LogP contribution >= 0.6 is 0 Å². The van der Waals surface area contributed by atoms with E-state index in [-0.39, 0.29) is 0 Å². The van der Waals surface area contributed by atoms with Gasteiger partial charge in [0.15, 0.2) is 0 Å². The number of imidazole rings is 1. The number of hydrogen-bond donors (Lipinski definition) is 1. The molecular formula is C13H18N4. The van der Waals surface area contributed by atoms with Crippen LogP contribution in [0, 0.1) is 13.8 Å². The third-order valence-electron chi connectivity index (χ3n) is 2.89. The van der Waals surface area contributed by atoms with Crippen molar-refractivity contribution in [1.29, 1.82) is 0 Å². The Kier molecular flexibility index (Phi) is 3.54. The quantitative estimate of drug-likeness (QED) is 0.873. The van der Waals surface area contributed by atoms with Crippen molar-refractivity contribution in [3.63, 3.8) is 0 Å². The van der Waals surface area contributed by atoms with Crippen molar-refractivity contribution in [3.8, 4) is 5.82 Å². The highest BCUT2D eigenvalue weighted by atomic mass is 15.1. The van der Waals surface area contributed by atoms with Crippen molar-refractivity contribution in [2.45, 2.75) is 27.3 Å². The lowest BCUT2D eigenvalue weighted by molar-refractivity contribution is 0.723. The Morgan fingerprint density at radius 2 is 2.06 bits per heavy atom. The van der Waals surface area contributed by atoms with Gasteiger partial charge in [-0.2, -0.15) is 0 Å². The summed E-state index contributed by atoms with van der Waals surface area (Å²) in [5.74, 6) is 0.920. The van der Waals surface area contributed by atoms with E-state index in [2.05, 4.69) is 35.2 Å². The first-order valence-corrected chi connectivity index (χ1v) is 5.89. The second-order valence-corrected chi connectivity index (χ2v) is 4.09. The standard InChI is InChI=1S/C13H18N4/c1-4-14-7-12-5-6-13(15-8-12)17-9-16-10(2)11(17)3/h5-6,8-9,14H,4,7H2,1-3H3. The molecular weight excluding hydrogens is 212 g/mol. The van der Waals surface area contributed by atoms with Crippen LogP contribution in [0.1, 0.15) is 23.9 Å². The van der Waals surface area contributed by atoms with Crippen molar-refractivity contribution in [3.05, 3.63) is 41.6 Å². The number of rotatable bonds is 4. The van der Waals surface area contributed by atoms with Gasteiger partial charge in [0, 0.05) is 18.4 Å². The molecule has 90 valence electrons. The van der Waals surface area contributed by atoms with Crippen molar-refractivity contribution >= 4 is 0 Å². The summed E-state index contributed by atoms with van der Waals surface area (Å²) in [5.41, 5.74) is 3.38. The maximum Gasteiger partial charge on any atom is 0.138 e. The summed E-state index contributed by atoms with van der Waals surface area (Å²) < 4.78 is 2.01. The average molecular weight is 230 g/mol. The van der Waals surface area contributed by atoms with Crippen LogP contribution in [-0.4, -0.2) is 21.1 Å². The van der Waals surface area contributed by atoms with E-state index in [1.807, 2.05) is 30.1 Å². The highest BCUT2D eigenvalue weighted by Crippen LogP contribution is 2.11. The zero-order valence-corrected chi connectivity index (χ0v) is 10.6. The minimum atomic E-state index is 0.867. The molecule has 0 fully saturated rings. The summed E-state index contributed by atoms with van der Waals surface area (Å²) in [4.78, 5) is 8.73. The van der Waals surface area contributed by atoms with Crippen LogP contribution < -0.4 is 5.32 Å². The van der Waals surface area contributed by atoms with E-state index in [0.29, 0.717) is 0 Å². The summed E-state index contributed by atoms with van der Waals surface area (Å²) in [6, 6.07) is 4.13. The van der Waals surface area contributed by atoms with Crippen LogP contribution in [0.15, 0.2) is 24.7 Å². The summed E-state index contributed by atoms with van der Waals surface area (Å²) >= 11 is 0. The smallest absolute Gasteiger partial charge is 0.138 e. The minimum absolute atomic E-state index is 0.867. The van der Waals surface area contributed by atoms with Crippen molar-refractivity contribution in [1.82, 2.24) is 19.9 Å². The Labute approximate surface area is 102 Å². The lowest BCUT2D eigenvalue weighted by Crippen LogP contribution is -2.12. The van der Waals surface area contributed by atoms with E-state index in [1.54, 1.807) is 0 Å². The van der Waals surface area contributed by atoms with Gasteiger partial charge in [0.05, 0.1) is 5.69 Å². The molecule has 0 spiro atoms. The lowest BCUT2D eigenvalue weighted by atomic mass is 10.3. The first-order chi connectivity index (χ1) is 8.22. The fourth-order valence-electron chi connectivity index (χ4n) is 1.66. The molecule has 0 aromatic carbocycles. The molecule has 0 aliphatic rings. The third kappa shape index (κ3) is 2.53. The monoisotopic (exact) mass is 230 g/mol. The molecule has 2 rings (SSSR count). The van der Waals surface area contributed by atoms with Crippen LogP contribution in [0.2, 0.25) is 0 Å². The normalized spacial score (nSPS) is 10.8. The Hall–Kier alpha value is -1.68. The van der Waals surface area contributed by atoms with Gasteiger partial charge in [-0.15, -0.1) is 0 Å². The maximum atomic E-state index is 4.46. The molecule has 0 radical (unpaired) electrons. The van der Waals surface area contributed by atoms with Crippen LogP contribution in [0.3, 0.4) is 0 Å². The van der Waals surface area contributed by atoms with E-state index in [4.69, 9.17) is 0 Å².